The van der Waals surface area contributed by atoms with E-state index >= 15 is 0 Å². The Labute approximate surface area is 97.2 Å². The Hall–Kier alpha value is -1.22. The third-order valence-corrected chi connectivity index (χ3v) is 3.46. The van der Waals surface area contributed by atoms with Crippen molar-refractivity contribution in [1.29, 1.82) is 0 Å². The lowest BCUT2D eigenvalue weighted by molar-refractivity contribution is 0.413. The molecule has 2 N–H and O–H groups in total. The van der Waals surface area contributed by atoms with Gasteiger partial charge in [0.25, 0.3) is 0 Å². The summed E-state index contributed by atoms with van der Waals surface area (Å²) in [5.74, 6) is 0.929. The van der Waals surface area contributed by atoms with Gasteiger partial charge in [-0.2, -0.15) is 0 Å². The van der Waals surface area contributed by atoms with Crippen LogP contribution in [0.4, 0.5) is 5.69 Å². The first-order chi connectivity index (χ1) is 7.71. The molecule has 3 heteroatoms. The Morgan fingerprint density at radius 2 is 2.06 bits per heavy atom. The predicted molar refractivity (Wildman–Crippen MR) is 67.0 cm³/mol. The SMILES string of the molecule is COc1ccccc1N(C)CC1(CN)CC1. The Morgan fingerprint density at radius 3 is 2.62 bits per heavy atom. The summed E-state index contributed by atoms with van der Waals surface area (Å²) in [5.41, 5.74) is 7.31. The first-order valence-electron chi connectivity index (χ1n) is 5.75. The minimum absolute atomic E-state index is 0.357. The smallest absolute Gasteiger partial charge is 0.142 e. The lowest BCUT2D eigenvalue weighted by Crippen LogP contribution is -2.31. The summed E-state index contributed by atoms with van der Waals surface area (Å²) in [6.45, 7) is 1.80. The Bertz CT molecular complexity index is 361. The van der Waals surface area contributed by atoms with E-state index in [0.29, 0.717) is 5.41 Å². The van der Waals surface area contributed by atoms with Crippen LogP contribution in [0.15, 0.2) is 24.3 Å². The van der Waals surface area contributed by atoms with Crippen LogP contribution in [0.3, 0.4) is 0 Å². The molecule has 16 heavy (non-hydrogen) atoms. The summed E-state index contributed by atoms with van der Waals surface area (Å²) < 4.78 is 5.36. The highest BCUT2D eigenvalue weighted by Crippen LogP contribution is 2.46. The van der Waals surface area contributed by atoms with Crippen LogP contribution in [-0.2, 0) is 0 Å². The molecule has 0 heterocycles. The molecular formula is C13H20N2O. The highest BCUT2D eigenvalue weighted by atomic mass is 16.5. The number of rotatable bonds is 5. The maximum absolute atomic E-state index is 5.81. The number of para-hydroxylation sites is 2. The molecule has 88 valence electrons. The summed E-state index contributed by atoms with van der Waals surface area (Å²) in [6, 6.07) is 8.11. The number of benzene rings is 1. The third-order valence-electron chi connectivity index (χ3n) is 3.46. The van der Waals surface area contributed by atoms with E-state index in [1.165, 1.54) is 12.8 Å². The van der Waals surface area contributed by atoms with Crippen LogP contribution in [0.25, 0.3) is 0 Å². The summed E-state index contributed by atoms with van der Waals surface area (Å²) in [4.78, 5) is 2.25. The Balaban J connectivity index is 2.11. The van der Waals surface area contributed by atoms with Gasteiger partial charge >= 0.3 is 0 Å². The molecule has 2 rings (SSSR count). The molecule has 1 saturated carbocycles. The number of nitrogens with two attached hydrogens (primary N) is 1. The predicted octanol–water partition coefficient (Wildman–Crippen LogP) is 1.87. The van der Waals surface area contributed by atoms with E-state index in [1.807, 2.05) is 18.2 Å². The van der Waals surface area contributed by atoms with E-state index < -0.39 is 0 Å². The fourth-order valence-corrected chi connectivity index (χ4v) is 2.14. The molecule has 1 aliphatic rings. The van der Waals surface area contributed by atoms with Crippen LogP contribution in [0.5, 0.6) is 5.75 Å². The number of methoxy groups -OCH3 is 1. The second kappa shape index (κ2) is 4.34. The molecule has 1 fully saturated rings. The normalized spacial score (nSPS) is 16.9. The molecule has 1 aliphatic carbocycles. The molecule has 0 aromatic heterocycles. The molecule has 0 unspecified atom stereocenters. The van der Waals surface area contributed by atoms with Gasteiger partial charge in [-0.15, -0.1) is 0 Å². The average molecular weight is 220 g/mol. The first-order valence-corrected chi connectivity index (χ1v) is 5.75. The van der Waals surface area contributed by atoms with E-state index in [0.717, 1.165) is 24.5 Å². The van der Waals surface area contributed by atoms with Gasteiger partial charge < -0.3 is 15.4 Å². The van der Waals surface area contributed by atoms with Crippen LogP contribution in [-0.4, -0.2) is 27.2 Å². The van der Waals surface area contributed by atoms with Gasteiger partial charge in [0.2, 0.25) is 0 Å². The lowest BCUT2D eigenvalue weighted by Gasteiger charge is -2.26. The van der Waals surface area contributed by atoms with Gasteiger partial charge in [-0.1, -0.05) is 12.1 Å². The van der Waals surface area contributed by atoms with Crippen molar-refractivity contribution >= 4 is 5.69 Å². The van der Waals surface area contributed by atoms with E-state index in [9.17, 15) is 0 Å². The third kappa shape index (κ3) is 2.14. The Morgan fingerprint density at radius 1 is 1.38 bits per heavy atom. The minimum Gasteiger partial charge on any atom is -0.495 e. The van der Waals surface area contributed by atoms with Crippen molar-refractivity contribution in [1.82, 2.24) is 0 Å². The standard InChI is InChI=1S/C13H20N2O/c1-15(10-13(9-14)7-8-13)11-5-3-4-6-12(11)16-2/h3-6H,7-10,14H2,1-2H3. The topological polar surface area (TPSA) is 38.5 Å². The fraction of sp³-hybridized carbons (Fsp3) is 0.538. The molecule has 0 radical (unpaired) electrons. The summed E-state index contributed by atoms with van der Waals surface area (Å²) in [6.07, 6.45) is 2.51. The van der Waals surface area contributed by atoms with Crippen molar-refractivity contribution < 1.29 is 4.74 Å². The Kier molecular flexibility index (Phi) is 3.06. The van der Waals surface area contributed by atoms with Crippen molar-refractivity contribution in [3.8, 4) is 5.75 Å². The molecule has 3 nitrogen and oxygen atoms in total. The molecule has 0 amide bonds. The first kappa shape index (κ1) is 11.3. The van der Waals surface area contributed by atoms with E-state index in [2.05, 4.69) is 18.0 Å². The summed E-state index contributed by atoms with van der Waals surface area (Å²) in [5, 5.41) is 0. The second-order valence-corrected chi connectivity index (χ2v) is 4.73. The zero-order chi connectivity index (χ0) is 11.6. The van der Waals surface area contributed by atoms with Gasteiger partial charge in [0.05, 0.1) is 12.8 Å². The van der Waals surface area contributed by atoms with Crippen molar-refractivity contribution in [2.45, 2.75) is 12.8 Å². The highest BCUT2D eigenvalue weighted by Gasteiger charge is 2.42. The van der Waals surface area contributed by atoms with E-state index in [4.69, 9.17) is 10.5 Å². The molecular weight excluding hydrogens is 200 g/mol. The van der Waals surface area contributed by atoms with Crippen LogP contribution in [0.2, 0.25) is 0 Å². The molecule has 1 aromatic rings. The monoisotopic (exact) mass is 220 g/mol. The summed E-state index contributed by atoms with van der Waals surface area (Å²) >= 11 is 0. The number of nitrogens with zero attached hydrogens (tertiary/aromatic N) is 1. The van der Waals surface area contributed by atoms with E-state index in [-0.39, 0.29) is 0 Å². The van der Waals surface area contributed by atoms with Crippen LogP contribution in [0.1, 0.15) is 12.8 Å². The zero-order valence-corrected chi connectivity index (χ0v) is 10.1. The number of ether oxygens (including phenoxy) is 1. The van der Waals surface area contributed by atoms with Gasteiger partial charge in [0, 0.05) is 19.0 Å². The van der Waals surface area contributed by atoms with Crippen molar-refractivity contribution in [2.24, 2.45) is 11.1 Å². The molecule has 0 bridgehead atoms. The van der Waals surface area contributed by atoms with Gasteiger partial charge in [-0.25, -0.2) is 0 Å². The molecule has 0 aliphatic heterocycles. The highest BCUT2D eigenvalue weighted by molar-refractivity contribution is 5.58. The van der Waals surface area contributed by atoms with Crippen LogP contribution in [0, 0.1) is 5.41 Å². The maximum atomic E-state index is 5.81. The second-order valence-electron chi connectivity index (χ2n) is 4.73. The van der Waals surface area contributed by atoms with Gasteiger partial charge in [0.15, 0.2) is 0 Å². The number of hydrogen-bond donors (Lipinski definition) is 1. The summed E-state index contributed by atoms with van der Waals surface area (Å²) in [7, 11) is 3.82. The van der Waals surface area contributed by atoms with E-state index in [1.54, 1.807) is 7.11 Å². The van der Waals surface area contributed by atoms with Gasteiger partial charge in [-0.3, -0.25) is 0 Å². The minimum atomic E-state index is 0.357. The van der Waals surface area contributed by atoms with Gasteiger partial charge in [-0.05, 0) is 31.5 Å². The zero-order valence-electron chi connectivity index (χ0n) is 10.1. The molecule has 0 saturated heterocycles. The van der Waals surface area contributed by atoms with Crippen molar-refractivity contribution in [2.75, 3.05) is 32.1 Å². The maximum Gasteiger partial charge on any atom is 0.142 e. The lowest BCUT2D eigenvalue weighted by atomic mass is 10.1. The average Bonchev–Trinajstić information content (AvgIpc) is 3.09. The quantitative estimate of drug-likeness (QED) is 0.823. The molecule has 0 atom stereocenters. The largest absolute Gasteiger partial charge is 0.495 e. The number of anilines is 1. The molecule has 1 aromatic carbocycles. The van der Waals surface area contributed by atoms with Crippen LogP contribution >= 0.6 is 0 Å². The number of hydrogen-bond acceptors (Lipinski definition) is 3. The van der Waals surface area contributed by atoms with Crippen molar-refractivity contribution in [3.05, 3.63) is 24.3 Å². The van der Waals surface area contributed by atoms with Crippen LogP contribution < -0.4 is 15.4 Å². The molecule has 0 spiro atoms. The fourth-order valence-electron chi connectivity index (χ4n) is 2.14. The van der Waals surface area contributed by atoms with Gasteiger partial charge in [0.1, 0.15) is 5.75 Å². The van der Waals surface area contributed by atoms with Crippen molar-refractivity contribution in [3.63, 3.8) is 0 Å².